The zero-order valence-electron chi connectivity index (χ0n) is 9.16. The van der Waals surface area contributed by atoms with Gasteiger partial charge in [-0.3, -0.25) is 4.79 Å². The minimum Gasteiger partial charge on any atom is -0.465 e. The fourth-order valence-corrected chi connectivity index (χ4v) is 5.18. The van der Waals surface area contributed by atoms with Crippen molar-refractivity contribution >= 4 is 60.8 Å². The van der Waals surface area contributed by atoms with Crippen LogP contribution in [-0.2, 0) is 14.9 Å². The monoisotopic (exact) mass is 379 g/mol. The van der Waals surface area contributed by atoms with Crippen molar-refractivity contribution in [2.45, 2.75) is 25.2 Å². The molecule has 0 aliphatic heterocycles. The smallest absolute Gasteiger partial charge is 0.317 e. The van der Waals surface area contributed by atoms with Crippen LogP contribution in [0.2, 0.25) is 0 Å². The summed E-state index contributed by atoms with van der Waals surface area (Å²) in [5.41, 5.74) is -0.341. The van der Waals surface area contributed by atoms with Crippen molar-refractivity contribution in [2.24, 2.45) is 0 Å². The summed E-state index contributed by atoms with van der Waals surface area (Å²) in [6.45, 7) is 2.31. The maximum atomic E-state index is 12.0. The van der Waals surface area contributed by atoms with Crippen LogP contribution in [0.1, 0.15) is 24.6 Å². The number of carbonyl (C=O) groups excluding carboxylic acids is 1. The lowest BCUT2D eigenvalue weighted by atomic mass is 10.1. The van der Waals surface area contributed by atoms with Gasteiger partial charge in [-0.1, -0.05) is 0 Å². The highest BCUT2D eigenvalue weighted by molar-refractivity contribution is 14.1. The Morgan fingerprint density at radius 3 is 2.94 bits per heavy atom. The van der Waals surface area contributed by atoms with Gasteiger partial charge in [0.1, 0.15) is 10.2 Å². The molecule has 6 heteroatoms. The molecule has 1 fully saturated rings. The van der Waals surface area contributed by atoms with Crippen molar-refractivity contribution in [3.8, 4) is 0 Å². The first-order chi connectivity index (χ1) is 8.15. The number of carbonyl (C=O) groups is 1. The second-order valence-electron chi connectivity index (χ2n) is 4.05. The van der Waals surface area contributed by atoms with E-state index in [0.29, 0.717) is 6.61 Å². The van der Waals surface area contributed by atoms with Gasteiger partial charge in [-0.05, 0) is 48.4 Å². The number of rotatable bonds is 3. The van der Waals surface area contributed by atoms with Crippen LogP contribution in [0, 0.1) is 3.01 Å². The Labute approximate surface area is 120 Å². The molecule has 3 nitrogen and oxygen atoms in total. The maximum absolute atomic E-state index is 12.0. The Kier molecular flexibility index (Phi) is 2.91. The Bertz CT molecular complexity index is 554. The molecule has 0 saturated heterocycles. The summed E-state index contributed by atoms with van der Waals surface area (Å²) in [7, 11) is 0. The van der Waals surface area contributed by atoms with E-state index < -0.39 is 0 Å². The number of halogens is 1. The number of thiophene rings is 1. The van der Waals surface area contributed by atoms with Gasteiger partial charge in [0.05, 0.1) is 11.3 Å². The Hall–Kier alpha value is -0.210. The molecule has 0 unspecified atom stereocenters. The Morgan fingerprint density at radius 2 is 2.35 bits per heavy atom. The number of ether oxygens (including phenoxy) is 1. The van der Waals surface area contributed by atoms with Gasteiger partial charge in [-0.15, -0.1) is 22.7 Å². The van der Waals surface area contributed by atoms with Crippen LogP contribution in [0.3, 0.4) is 0 Å². The lowest BCUT2D eigenvalue weighted by Gasteiger charge is -2.10. The molecule has 1 saturated carbocycles. The summed E-state index contributed by atoms with van der Waals surface area (Å²) in [6, 6.07) is 2.11. The molecule has 0 N–H and O–H groups in total. The number of hydrogen-bond acceptors (Lipinski definition) is 5. The van der Waals surface area contributed by atoms with Gasteiger partial charge >= 0.3 is 5.97 Å². The van der Waals surface area contributed by atoms with E-state index in [1.54, 1.807) is 22.7 Å². The molecule has 2 aromatic heterocycles. The molecule has 1 aliphatic rings. The van der Waals surface area contributed by atoms with E-state index in [9.17, 15) is 4.79 Å². The fraction of sp³-hybridized carbons (Fsp3) is 0.455. The molecule has 2 aromatic rings. The van der Waals surface area contributed by atoms with E-state index in [2.05, 4.69) is 33.6 Å². The highest BCUT2D eigenvalue weighted by atomic mass is 127. The van der Waals surface area contributed by atoms with Crippen molar-refractivity contribution in [2.75, 3.05) is 6.61 Å². The van der Waals surface area contributed by atoms with Gasteiger partial charge in [0.2, 0.25) is 0 Å². The number of hydrogen-bond donors (Lipinski definition) is 0. The van der Waals surface area contributed by atoms with Crippen LogP contribution in [0.5, 0.6) is 0 Å². The van der Waals surface area contributed by atoms with Crippen LogP contribution in [0.25, 0.3) is 9.53 Å². The molecule has 90 valence electrons. The van der Waals surface area contributed by atoms with Gasteiger partial charge < -0.3 is 4.74 Å². The number of nitrogens with zero attached hydrogens (tertiary/aromatic N) is 1. The number of esters is 1. The molecule has 0 radical (unpaired) electrons. The summed E-state index contributed by atoms with van der Waals surface area (Å²) < 4.78 is 7.41. The minimum absolute atomic E-state index is 0.0661. The zero-order valence-corrected chi connectivity index (χ0v) is 12.9. The third-order valence-corrected chi connectivity index (χ3v) is 6.01. The average molecular weight is 379 g/mol. The predicted molar refractivity (Wildman–Crippen MR) is 77.8 cm³/mol. The van der Waals surface area contributed by atoms with Crippen molar-refractivity contribution < 1.29 is 9.53 Å². The maximum Gasteiger partial charge on any atom is 0.317 e. The van der Waals surface area contributed by atoms with Crippen LogP contribution in [0.4, 0.5) is 0 Å². The standard InChI is InChI=1S/C11H10INO2S2/c1-2-15-9(14)11(3-4-11)7-5-6-8(17-7)13-10(12)16-6/h5H,2-4H2,1H3. The highest BCUT2D eigenvalue weighted by Gasteiger charge is 2.54. The average Bonchev–Trinajstić information content (AvgIpc) is 2.89. The van der Waals surface area contributed by atoms with Crippen molar-refractivity contribution in [3.05, 3.63) is 14.0 Å². The highest BCUT2D eigenvalue weighted by Crippen LogP contribution is 2.53. The van der Waals surface area contributed by atoms with E-state index in [1.165, 1.54) is 4.70 Å². The van der Waals surface area contributed by atoms with Gasteiger partial charge in [0.15, 0.2) is 3.01 Å². The minimum atomic E-state index is -0.341. The second-order valence-corrected chi connectivity index (χ2v) is 7.86. The SMILES string of the molecule is CCOC(=O)C1(c2cc3sc(I)nc3s2)CC1. The summed E-state index contributed by atoms with van der Waals surface area (Å²) in [5, 5.41) is 0. The molecule has 17 heavy (non-hydrogen) atoms. The van der Waals surface area contributed by atoms with Gasteiger partial charge in [-0.2, -0.15) is 0 Å². The summed E-state index contributed by atoms with van der Waals surface area (Å²) >= 11 is 5.54. The lowest BCUT2D eigenvalue weighted by Crippen LogP contribution is -2.21. The number of thiazole rings is 1. The topological polar surface area (TPSA) is 39.2 Å². The van der Waals surface area contributed by atoms with E-state index in [4.69, 9.17) is 4.74 Å². The van der Waals surface area contributed by atoms with Gasteiger partial charge in [-0.25, -0.2) is 4.98 Å². The van der Waals surface area contributed by atoms with Crippen LogP contribution < -0.4 is 0 Å². The molecule has 0 amide bonds. The molecule has 0 spiro atoms. The first-order valence-corrected chi connectivity index (χ1v) is 8.10. The van der Waals surface area contributed by atoms with E-state index in [1.807, 2.05) is 6.92 Å². The van der Waals surface area contributed by atoms with E-state index >= 15 is 0 Å². The van der Waals surface area contributed by atoms with Crippen LogP contribution in [0.15, 0.2) is 6.07 Å². The van der Waals surface area contributed by atoms with Crippen LogP contribution in [-0.4, -0.2) is 17.6 Å². The van der Waals surface area contributed by atoms with Crippen LogP contribution >= 0.6 is 45.3 Å². The summed E-state index contributed by atoms with van der Waals surface area (Å²) in [6.07, 6.45) is 1.83. The zero-order chi connectivity index (χ0) is 12.0. The van der Waals surface area contributed by atoms with Gasteiger partial charge in [0, 0.05) is 4.88 Å². The Balaban J connectivity index is 1.97. The third-order valence-electron chi connectivity index (χ3n) is 2.95. The molecule has 0 aromatic carbocycles. The molecular weight excluding hydrogens is 369 g/mol. The van der Waals surface area contributed by atoms with E-state index in [0.717, 1.165) is 25.6 Å². The second kappa shape index (κ2) is 4.17. The Morgan fingerprint density at radius 1 is 1.59 bits per heavy atom. The molecule has 1 aliphatic carbocycles. The molecule has 3 rings (SSSR count). The summed E-state index contributed by atoms with van der Waals surface area (Å²) in [5.74, 6) is -0.0661. The molecule has 0 bridgehead atoms. The first-order valence-electron chi connectivity index (χ1n) is 5.39. The largest absolute Gasteiger partial charge is 0.465 e. The van der Waals surface area contributed by atoms with Crippen molar-refractivity contribution in [3.63, 3.8) is 0 Å². The lowest BCUT2D eigenvalue weighted by molar-refractivity contribution is -0.146. The molecular formula is C11H10INO2S2. The third kappa shape index (κ3) is 1.90. The summed E-state index contributed by atoms with van der Waals surface area (Å²) in [4.78, 5) is 18.6. The molecule has 2 heterocycles. The van der Waals surface area contributed by atoms with Crippen molar-refractivity contribution in [1.82, 2.24) is 4.98 Å². The predicted octanol–water partition coefficient (Wildman–Crippen LogP) is 3.56. The number of fused-ring (bicyclic) bond motifs is 1. The number of aromatic nitrogens is 1. The van der Waals surface area contributed by atoms with Crippen molar-refractivity contribution in [1.29, 1.82) is 0 Å². The first kappa shape index (κ1) is 11.9. The molecule has 0 atom stereocenters. The van der Waals surface area contributed by atoms with E-state index in [-0.39, 0.29) is 11.4 Å². The normalized spacial score (nSPS) is 17.3. The fourth-order valence-electron chi connectivity index (χ4n) is 1.89. The van der Waals surface area contributed by atoms with Gasteiger partial charge in [0.25, 0.3) is 0 Å². The quantitative estimate of drug-likeness (QED) is 0.605.